The Morgan fingerprint density at radius 2 is 2.07 bits per heavy atom. The molecule has 0 saturated heterocycles. The summed E-state index contributed by atoms with van der Waals surface area (Å²) in [6.07, 6.45) is 1.75. The van der Waals surface area contributed by atoms with Crippen LogP contribution < -0.4 is 10.5 Å². The number of aryl methyl sites for hydroxylation is 1. The van der Waals surface area contributed by atoms with E-state index in [9.17, 15) is 5.11 Å². The molecule has 0 bridgehead atoms. The van der Waals surface area contributed by atoms with Crippen molar-refractivity contribution in [2.24, 2.45) is 5.73 Å². The van der Waals surface area contributed by atoms with Crippen molar-refractivity contribution in [2.75, 3.05) is 7.11 Å². The second-order valence-electron chi connectivity index (χ2n) is 4.49. The molecule has 0 aliphatic rings. The first kappa shape index (κ1) is 11.9. The largest absolute Gasteiger partial charge is 0.504 e. The molecule has 0 fully saturated rings. The van der Waals surface area contributed by atoms with E-state index < -0.39 is 0 Å². The van der Waals surface area contributed by atoms with Crippen molar-refractivity contribution in [2.45, 2.75) is 32.2 Å². The number of rotatable bonds is 4. The Labute approximate surface area is 90.9 Å². The second kappa shape index (κ2) is 4.53. The van der Waals surface area contributed by atoms with E-state index in [-0.39, 0.29) is 11.3 Å². The van der Waals surface area contributed by atoms with E-state index in [0.717, 1.165) is 18.4 Å². The normalized spacial score (nSPS) is 11.5. The first-order valence-corrected chi connectivity index (χ1v) is 5.07. The summed E-state index contributed by atoms with van der Waals surface area (Å²) < 4.78 is 4.97. The molecule has 0 aromatic heterocycles. The molecule has 0 amide bonds. The summed E-state index contributed by atoms with van der Waals surface area (Å²) in [6.45, 7) is 3.99. The summed E-state index contributed by atoms with van der Waals surface area (Å²) >= 11 is 0. The van der Waals surface area contributed by atoms with Crippen LogP contribution in [0, 0.1) is 0 Å². The Kier molecular flexibility index (Phi) is 3.58. The van der Waals surface area contributed by atoms with Gasteiger partial charge in [-0.3, -0.25) is 0 Å². The van der Waals surface area contributed by atoms with Crippen LogP contribution in [0.15, 0.2) is 18.2 Å². The lowest BCUT2D eigenvalue weighted by atomic mass is 9.96. The van der Waals surface area contributed by atoms with E-state index >= 15 is 0 Å². The Balaban J connectivity index is 2.68. The monoisotopic (exact) mass is 209 g/mol. The fraction of sp³-hybridized carbons (Fsp3) is 0.500. The van der Waals surface area contributed by atoms with Crippen molar-refractivity contribution in [1.82, 2.24) is 0 Å². The lowest BCUT2D eigenvalue weighted by molar-refractivity contribution is 0.372. The third-order valence-corrected chi connectivity index (χ3v) is 2.30. The van der Waals surface area contributed by atoms with Gasteiger partial charge < -0.3 is 15.6 Å². The van der Waals surface area contributed by atoms with Crippen molar-refractivity contribution in [3.8, 4) is 11.5 Å². The number of aromatic hydroxyl groups is 1. The van der Waals surface area contributed by atoms with Crippen molar-refractivity contribution < 1.29 is 9.84 Å². The third-order valence-electron chi connectivity index (χ3n) is 2.30. The molecule has 0 aliphatic heterocycles. The molecule has 1 aromatic rings. The van der Waals surface area contributed by atoms with Gasteiger partial charge in [0.25, 0.3) is 0 Å². The molecule has 0 unspecified atom stereocenters. The summed E-state index contributed by atoms with van der Waals surface area (Å²) in [4.78, 5) is 0. The van der Waals surface area contributed by atoms with Crippen LogP contribution in [0.5, 0.6) is 11.5 Å². The van der Waals surface area contributed by atoms with Gasteiger partial charge in [0.2, 0.25) is 0 Å². The topological polar surface area (TPSA) is 55.5 Å². The molecule has 0 aliphatic carbocycles. The lowest BCUT2D eigenvalue weighted by Crippen LogP contribution is -2.32. The zero-order valence-electron chi connectivity index (χ0n) is 9.58. The molecule has 3 heteroatoms. The Morgan fingerprint density at radius 1 is 1.40 bits per heavy atom. The van der Waals surface area contributed by atoms with E-state index in [1.54, 1.807) is 12.1 Å². The Morgan fingerprint density at radius 3 is 2.53 bits per heavy atom. The zero-order chi connectivity index (χ0) is 11.5. The smallest absolute Gasteiger partial charge is 0.160 e. The van der Waals surface area contributed by atoms with Crippen LogP contribution in [0.25, 0.3) is 0 Å². The minimum absolute atomic E-state index is 0.171. The maximum atomic E-state index is 9.56. The van der Waals surface area contributed by atoms with Crippen molar-refractivity contribution in [3.63, 3.8) is 0 Å². The fourth-order valence-electron chi connectivity index (χ4n) is 1.36. The summed E-state index contributed by atoms with van der Waals surface area (Å²) in [6, 6.07) is 5.45. The SMILES string of the molecule is COc1ccc(CCC(C)(C)N)cc1O. The number of ether oxygens (including phenoxy) is 1. The van der Waals surface area contributed by atoms with Crippen LogP contribution in [0.4, 0.5) is 0 Å². The van der Waals surface area contributed by atoms with Gasteiger partial charge in [0.1, 0.15) is 0 Å². The van der Waals surface area contributed by atoms with Gasteiger partial charge in [-0.25, -0.2) is 0 Å². The molecule has 0 heterocycles. The lowest BCUT2D eigenvalue weighted by Gasteiger charge is -2.18. The predicted octanol–water partition coefficient (Wildman–Crippen LogP) is 2.07. The van der Waals surface area contributed by atoms with Crippen molar-refractivity contribution in [1.29, 1.82) is 0 Å². The number of phenolic OH excluding ortho intramolecular Hbond substituents is 1. The molecule has 3 nitrogen and oxygen atoms in total. The van der Waals surface area contributed by atoms with Gasteiger partial charge in [0, 0.05) is 5.54 Å². The highest BCUT2D eigenvalue weighted by Crippen LogP contribution is 2.27. The minimum atomic E-state index is -0.171. The van der Waals surface area contributed by atoms with Gasteiger partial charge in [-0.05, 0) is 44.4 Å². The third kappa shape index (κ3) is 3.80. The molecule has 0 radical (unpaired) electrons. The van der Waals surface area contributed by atoms with Gasteiger partial charge in [-0.15, -0.1) is 0 Å². The first-order chi connectivity index (χ1) is 6.92. The number of phenols is 1. The van der Waals surface area contributed by atoms with E-state index in [2.05, 4.69) is 0 Å². The second-order valence-corrected chi connectivity index (χ2v) is 4.49. The number of methoxy groups -OCH3 is 1. The van der Waals surface area contributed by atoms with Gasteiger partial charge in [-0.1, -0.05) is 6.07 Å². The highest BCUT2D eigenvalue weighted by Gasteiger charge is 2.11. The maximum Gasteiger partial charge on any atom is 0.160 e. The number of benzene rings is 1. The standard InChI is InChI=1S/C12H19NO2/c1-12(2,13)7-6-9-4-5-11(15-3)10(14)8-9/h4-5,8,14H,6-7,13H2,1-3H3. The number of hydrogen-bond acceptors (Lipinski definition) is 3. The molecule has 1 rings (SSSR count). The van der Waals surface area contributed by atoms with E-state index in [1.165, 1.54) is 7.11 Å². The molecule has 1 aromatic carbocycles. The molecule has 0 spiro atoms. The molecule has 0 saturated carbocycles. The van der Waals surface area contributed by atoms with Crippen LogP contribution in [0.2, 0.25) is 0 Å². The predicted molar refractivity (Wildman–Crippen MR) is 61.2 cm³/mol. The molecule has 0 atom stereocenters. The summed E-state index contributed by atoms with van der Waals surface area (Å²) in [7, 11) is 1.54. The number of nitrogens with two attached hydrogens (primary N) is 1. The molecule has 15 heavy (non-hydrogen) atoms. The van der Waals surface area contributed by atoms with Crippen LogP contribution in [-0.2, 0) is 6.42 Å². The fourth-order valence-corrected chi connectivity index (χ4v) is 1.36. The van der Waals surface area contributed by atoms with Gasteiger partial charge >= 0.3 is 0 Å². The van der Waals surface area contributed by atoms with Crippen molar-refractivity contribution >= 4 is 0 Å². The molecule has 84 valence electrons. The van der Waals surface area contributed by atoms with Crippen LogP contribution in [0.3, 0.4) is 0 Å². The summed E-state index contributed by atoms with van der Waals surface area (Å²) in [5, 5.41) is 9.56. The van der Waals surface area contributed by atoms with Crippen molar-refractivity contribution in [3.05, 3.63) is 23.8 Å². The van der Waals surface area contributed by atoms with Crippen LogP contribution in [0.1, 0.15) is 25.8 Å². The molecule has 3 N–H and O–H groups in total. The average Bonchev–Trinajstić information content (AvgIpc) is 2.14. The molecular formula is C12H19NO2. The highest BCUT2D eigenvalue weighted by atomic mass is 16.5. The van der Waals surface area contributed by atoms with E-state index in [0.29, 0.717) is 5.75 Å². The zero-order valence-corrected chi connectivity index (χ0v) is 9.58. The minimum Gasteiger partial charge on any atom is -0.504 e. The van der Waals surface area contributed by atoms with Crippen LogP contribution >= 0.6 is 0 Å². The maximum absolute atomic E-state index is 9.56. The quantitative estimate of drug-likeness (QED) is 0.798. The van der Waals surface area contributed by atoms with E-state index in [1.807, 2.05) is 19.9 Å². The summed E-state index contributed by atoms with van der Waals surface area (Å²) in [5.74, 6) is 0.690. The van der Waals surface area contributed by atoms with Crippen LogP contribution in [-0.4, -0.2) is 17.8 Å². The van der Waals surface area contributed by atoms with E-state index in [4.69, 9.17) is 10.5 Å². The highest BCUT2D eigenvalue weighted by molar-refractivity contribution is 5.41. The van der Waals surface area contributed by atoms with Gasteiger partial charge in [0.15, 0.2) is 11.5 Å². The van der Waals surface area contributed by atoms with Gasteiger partial charge in [-0.2, -0.15) is 0 Å². The Hall–Kier alpha value is -1.22. The number of hydrogen-bond donors (Lipinski definition) is 2. The molecular weight excluding hydrogens is 190 g/mol. The Bertz CT molecular complexity index is 329. The summed E-state index contributed by atoms with van der Waals surface area (Å²) in [5.41, 5.74) is 6.79. The van der Waals surface area contributed by atoms with Gasteiger partial charge in [0.05, 0.1) is 7.11 Å². The average molecular weight is 209 g/mol. The first-order valence-electron chi connectivity index (χ1n) is 5.07.